The molecule has 0 aliphatic rings. The van der Waals surface area contributed by atoms with Gasteiger partial charge in [-0.2, -0.15) is 9.40 Å². The third-order valence-electron chi connectivity index (χ3n) is 5.12. The van der Waals surface area contributed by atoms with E-state index in [2.05, 4.69) is 18.9 Å². The molecule has 0 aliphatic heterocycles. The average molecular weight is 472 g/mol. The summed E-state index contributed by atoms with van der Waals surface area (Å²) < 4.78 is 30.5. The summed E-state index contributed by atoms with van der Waals surface area (Å²) in [6, 6.07) is 12.6. The fourth-order valence-corrected chi connectivity index (χ4v) is 6.99. The van der Waals surface area contributed by atoms with E-state index in [0.29, 0.717) is 0 Å². The Morgan fingerprint density at radius 2 is 1.79 bits per heavy atom. The van der Waals surface area contributed by atoms with Crippen molar-refractivity contribution in [2.24, 2.45) is 5.92 Å². The largest absolute Gasteiger partial charge is 0.253 e. The molecule has 0 amide bonds. The van der Waals surface area contributed by atoms with Crippen LogP contribution in [-0.4, -0.2) is 29.6 Å². The zero-order valence-corrected chi connectivity index (χ0v) is 19.6. The van der Waals surface area contributed by atoms with Gasteiger partial charge in [0.05, 0.1) is 22.4 Å². The van der Waals surface area contributed by atoms with Gasteiger partial charge in [-0.3, -0.25) is 0 Å². The van der Waals surface area contributed by atoms with Crippen molar-refractivity contribution >= 4 is 44.6 Å². The first-order chi connectivity index (χ1) is 13.8. The van der Waals surface area contributed by atoms with Crippen LogP contribution >= 0.6 is 34.5 Å². The molecule has 0 aliphatic carbocycles. The minimum absolute atomic E-state index is 0.111. The number of nitrogens with zero attached hydrogens (tertiary/aromatic N) is 3. The molecule has 1 atom stereocenters. The topological polar surface area (TPSA) is 55.2 Å². The van der Waals surface area contributed by atoms with Crippen molar-refractivity contribution in [1.82, 2.24) is 14.1 Å². The molecule has 1 aromatic carbocycles. The molecule has 0 bridgehead atoms. The fourth-order valence-electron chi connectivity index (χ4n) is 3.53. The molecule has 3 aromatic rings. The summed E-state index contributed by atoms with van der Waals surface area (Å²) in [5.74, 6) is 0.111. The fraction of sp³-hybridized carbons (Fsp3) is 0.350. The Morgan fingerprint density at radius 1 is 1.14 bits per heavy atom. The quantitative estimate of drug-likeness (QED) is 0.402. The lowest BCUT2D eigenvalue weighted by Gasteiger charge is -2.33. The van der Waals surface area contributed by atoms with E-state index in [9.17, 15) is 8.42 Å². The second-order valence-corrected chi connectivity index (χ2v) is 11.0. The van der Waals surface area contributed by atoms with E-state index in [4.69, 9.17) is 23.2 Å². The van der Waals surface area contributed by atoms with E-state index in [-0.39, 0.29) is 19.5 Å². The number of rotatable bonds is 8. The van der Waals surface area contributed by atoms with Crippen molar-refractivity contribution in [3.63, 3.8) is 0 Å². The lowest BCUT2D eigenvalue weighted by Crippen LogP contribution is -2.36. The van der Waals surface area contributed by atoms with Gasteiger partial charge in [-0.25, -0.2) is 13.1 Å². The van der Waals surface area contributed by atoms with Gasteiger partial charge >= 0.3 is 0 Å². The molecule has 156 valence electrons. The Hall–Kier alpha value is -1.38. The van der Waals surface area contributed by atoms with E-state index in [1.54, 1.807) is 13.2 Å². The molecule has 0 saturated carbocycles. The van der Waals surface area contributed by atoms with Crippen LogP contribution in [0.5, 0.6) is 0 Å². The first kappa shape index (κ1) is 22.3. The maximum Gasteiger partial charge on any atom is 0.253 e. The van der Waals surface area contributed by atoms with Crippen LogP contribution in [0.15, 0.2) is 52.9 Å². The standard InChI is InChI=1S/C20H23Cl2N3O2S2/c1-4-14(5-2)19(17-11-12-23-25(17)15-9-7-6-8-10-15)24(3)29(26,27)18-13-16(21)20(22)28-18/h6-14,19H,4-5H2,1-3H3. The predicted octanol–water partition coefficient (Wildman–Crippen LogP) is 6.04. The molecular weight excluding hydrogens is 449 g/mol. The Labute approximate surface area is 185 Å². The lowest BCUT2D eigenvalue weighted by atomic mass is 9.92. The third kappa shape index (κ3) is 4.39. The molecule has 9 heteroatoms. The number of hydrogen-bond acceptors (Lipinski definition) is 4. The van der Waals surface area contributed by atoms with Crippen molar-refractivity contribution in [3.8, 4) is 5.69 Å². The molecule has 2 heterocycles. The Balaban J connectivity index is 2.11. The second-order valence-electron chi connectivity index (χ2n) is 6.73. The van der Waals surface area contributed by atoms with Crippen molar-refractivity contribution in [1.29, 1.82) is 0 Å². The molecule has 5 nitrogen and oxygen atoms in total. The number of aromatic nitrogens is 2. The summed E-state index contributed by atoms with van der Waals surface area (Å²) in [4.78, 5) is 0. The number of hydrogen-bond donors (Lipinski definition) is 0. The molecule has 0 radical (unpaired) electrons. The maximum absolute atomic E-state index is 13.4. The molecule has 2 aromatic heterocycles. The zero-order chi connectivity index (χ0) is 21.2. The first-order valence-electron chi connectivity index (χ1n) is 9.33. The molecule has 3 rings (SSSR count). The van der Waals surface area contributed by atoms with Gasteiger partial charge in [0.15, 0.2) is 0 Å². The molecule has 1 unspecified atom stereocenters. The van der Waals surface area contributed by atoms with Crippen LogP contribution in [-0.2, 0) is 10.0 Å². The van der Waals surface area contributed by atoms with Gasteiger partial charge in [-0.05, 0) is 30.2 Å². The highest BCUT2D eigenvalue weighted by molar-refractivity contribution is 7.91. The molecule has 0 spiro atoms. The van der Waals surface area contributed by atoms with E-state index in [1.807, 2.05) is 41.1 Å². The van der Waals surface area contributed by atoms with Gasteiger partial charge in [0, 0.05) is 13.2 Å². The van der Waals surface area contributed by atoms with Crippen LogP contribution in [0, 0.1) is 5.92 Å². The van der Waals surface area contributed by atoms with E-state index in [0.717, 1.165) is 35.6 Å². The zero-order valence-electron chi connectivity index (χ0n) is 16.4. The maximum atomic E-state index is 13.4. The van der Waals surface area contributed by atoms with Crippen molar-refractivity contribution in [2.45, 2.75) is 36.9 Å². The molecule has 29 heavy (non-hydrogen) atoms. The highest BCUT2D eigenvalue weighted by Gasteiger charge is 2.36. The van der Waals surface area contributed by atoms with Gasteiger partial charge < -0.3 is 0 Å². The predicted molar refractivity (Wildman–Crippen MR) is 120 cm³/mol. The molecule has 0 N–H and O–H groups in total. The summed E-state index contributed by atoms with van der Waals surface area (Å²) in [7, 11) is -2.17. The Morgan fingerprint density at radius 3 is 2.34 bits per heavy atom. The van der Waals surface area contributed by atoms with Crippen molar-refractivity contribution in [3.05, 3.63) is 63.7 Å². The van der Waals surface area contributed by atoms with Crippen LogP contribution in [0.25, 0.3) is 5.69 Å². The van der Waals surface area contributed by atoms with E-state index >= 15 is 0 Å². The summed E-state index contributed by atoms with van der Waals surface area (Å²) in [6.45, 7) is 4.15. The van der Waals surface area contributed by atoms with Crippen LogP contribution < -0.4 is 0 Å². The number of sulfonamides is 1. The lowest BCUT2D eigenvalue weighted by molar-refractivity contribution is 0.248. The summed E-state index contributed by atoms with van der Waals surface area (Å²) in [5.41, 5.74) is 1.71. The minimum atomic E-state index is -3.79. The van der Waals surface area contributed by atoms with E-state index in [1.165, 1.54) is 10.4 Å². The molecule has 0 fully saturated rings. The van der Waals surface area contributed by atoms with Gasteiger partial charge in [0.25, 0.3) is 10.0 Å². The third-order valence-corrected chi connectivity index (χ3v) is 9.27. The number of thiophene rings is 1. The smallest absolute Gasteiger partial charge is 0.236 e. The second kappa shape index (κ2) is 9.18. The Bertz CT molecular complexity index is 1040. The van der Waals surface area contributed by atoms with Crippen LogP contribution in [0.3, 0.4) is 0 Å². The molecule has 0 saturated heterocycles. The highest BCUT2D eigenvalue weighted by Crippen LogP contribution is 2.40. The SMILES string of the molecule is CCC(CC)C(c1ccnn1-c1ccccc1)N(C)S(=O)(=O)c1cc(Cl)c(Cl)s1. The first-order valence-corrected chi connectivity index (χ1v) is 12.3. The summed E-state index contributed by atoms with van der Waals surface area (Å²) in [5, 5.41) is 4.72. The van der Waals surface area contributed by atoms with Gasteiger partial charge in [0.2, 0.25) is 0 Å². The number of benzene rings is 1. The normalized spacial score (nSPS) is 13.3. The van der Waals surface area contributed by atoms with Crippen LogP contribution in [0.4, 0.5) is 0 Å². The van der Waals surface area contributed by atoms with Crippen molar-refractivity contribution < 1.29 is 8.42 Å². The number of para-hydroxylation sites is 1. The van der Waals surface area contributed by atoms with Gasteiger partial charge in [-0.1, -0.05) is 68.1 Å². The van der Waals surface area contributed by atoms with Gasteiger partial charge in [-0.15, -0.1) is 11.3 Å². The van der Waals surface area contributed by atoms with Crippen LogP contribution in [0.2, 0.25) is 9.36 Å². The minimum Gasteiger partial charge on any atom is -0.236 e. The van der Waals surface area contributed by atoms with Gasteiger partial charge in [0.1, 0.15) is 8.55 Å². The Kier molecular flexibility index (Phi) is 7.06. The van der Waals surface area contributed by atoms with Crippen LogP contribution in [0.1, 0.15) is 38.4 Å². The average Bonchev–Trinajstić information content (AvgIpc) is 3.33. The number of halogens is 2. The monoisotopic (exact) mass is 471 g/mol. The summed E-state index contributed by atoms with van der Waals surface area (Å²) in [6.07, 6.45) is 3.36. The van der Waals surface area contributed by atoms with E-state index < -0.39 is 16.1 Å². The highest BCUT2D eigenvalue weighted by atomic mass is 35.5. The van der Waals surface area contributed by atoms with Crippen molar-refractivity contribution in [2.75, 3.05) is 7.05 Å². The molecular formula is C20H23Cl2N3O2S2. The summed E-state index contributed by atoms with van der Waals surface area (Å²) >= 11 is 13.0.